The summed E-state index contributed by atoms with van der Waals surface area (Å²) >= 11 is 0. The van der Waals surface area contributed by atoms with Gasteiger partial charge in [-0.3, -0.25) is 4.90 Å². The topological polar surface area (TPSA) is 6.48 Å². The molecule has 1 saturated heterocycles. The van der Waals surface area contributed by atoms with Crippen LogP contribution < -0.4 is 0 Å². The van der Waals surface area contributed by atoms with E-state index >= 15 is 0 Å². The van der Waals surface area contributed by atoms with Crippen molar-refractivity contribution in [2.24, 2.45) is 5.41 Å². The Hall–Kier alpha value is -0.0800. The maximum Gasteiger partial charge on any atom is 0.0113 e. The average molecular weight is 198 g/mol. The third kappa shape index (κ3) is 3.97. The van der Waals surface area contributed by atoms with Crippen molar-refractivity contribution in [1.82, 2.24) is 9.80 Å². The SMILES string of the molecule is CC(CC(C)(C)C)N1CCN(C)CC1. The Balaban J connectivity index is 2.34. The number of likely N-dealkylation sites (N-methyl/N-ethyl adjacent to an activating group) is 1. The molecule has 0 amide bonds. The van der Waals surface area contributed by atoms with Crippen LogP contribution in [0.4, 0.5) is 0 Å². The molecule has 2 nitrogen and oxygen atoms in total. The van der Waals surface area contributed by atoms with Gasteiger partial charge in [-0.15, -0.1) is 0 Å². The largest absolute Gasteiger partial charge is 0.304 e. The standard InChI is InChI=1S/C12H26N2/c1-11(10-12(2,3)4)14-8-6-13(5)7-9-14/h11H,6-10H2,1-5H3. The minimum Gasteiger partial charge on any atom is -0.304 e. The quantitative estimate of drug-likeness (QED) is 0.670. The Morgan fingerprint density at radius 1 is 1.07 bits per heavy atom. The van der Waals surface area contributed by atoms with Gasteiger partial charge in [0.2, 0.25) is 0 Å². The lowest BCUT2D eigenvalue weighted by molar-refractivity contribution is 0.0967. The first-order valence-electron chi connectivity index (χ1n) is 5.81. The molecule has 0 aromatic rings. The second-order valence-electron chi connectivity index (χ2n) is 5.95. The molecule has 1 aliphatic heterocycles. The van der Waals surface area contributed by atoms with Crippen LogP contribution in [-0.4, -0.2) is 49.1 Å². The van der Waals surface area contributed by atoms with Gasteiger partial charge in [-0.05, 0) is 25.8 Å². The van der Waals surface area contributed by atoms with E-state index in [0.29, 0.717) is 5.41 Å². The number of rotatable bonds is 2. The van der Waals surface area contributed by atoms with Crippen molar-refractivity contribution in [1.29, 1.82) is 0 Å². The van der Waals surface area contributed by atoms with E-state index in [1.807, 2.05) is 0 Å². The minimum atomic E-state index is 0.461. The Morgan fingerprint density at radius 2 is 1.57 bits per heavy atom. The molecule has 0 aliphatic carbocycles. The molecule has 1 rings (SSSR count). The molecular weight excluding hydrogens is 172 g/mol. The predicted molar refractivity (Wildman–Crippen MR) is 62.6 cm³/mol. The predicted octanol–water partition coefficient (Wildman–Crippen LogP) is 2.06. The Labute approximate surface area is 89.3 Å². The van der Waals surface area contributed by atoms with Crippen molar-refractivity contribution >= 4 is 0 Å². The summed E-state index contributed by atoms with van der Waals surface area (Å²) in [6, 6.07) is 0.740. The summed E-state index contributed by atoms with van der Waals surface area (Å²) in [5.41, 5.74) is 0.461. The third-order valence-electron chi connectivity index (χ3n) is 3.07. The van der Waals surface area contributed by atoms with Gasteiger partial charge in [-0.2, -0.15) is 0 Å². The van der Waals surface area contributed by atoms with Crippen LogP contribution in [0.1, 0.15) is 34.1 Å². The molecular formula is C12H26N2. The second-order valence-corrected chi connectivity index (χ2v) is 5.95. The van der Waals surface area contributed by atoms with Crippen LogP contribution in [0.15, 0.2) is 0 Å². The molecule has 0 saturated carbocycles. The van der Waals surface area contributed by atoms with E-state index < -0.39 is 0 Å². The highest BCUT2D eigenvalue weighted by Crippen LogP contribution is 2.23. The monoisotopic (exact) mass is 198 g/mol. The number of hydrogen-bond donors (Lipinski definition) is 0. The van der Waals surface area contributed by atoms with E-state index in [-0.39, 0.29) is 0 Å². The summed E-state index contributed by atoms with van der Waals surface area (Å²) in [4.78, 5) is 5.05. The fraction of sp³-hybridized carbons (Fsp3) is 1.00. The van der Waals surface area contributed by atoms with E-state index in [1.54, 1.807) is 0 Å². The summed E-state index contributed by atoms with van der Waals surface area (Å²) in [7, 11) is 2.21. The van der Waals surface area contributed by atoms with Crippen molar-refractivity contribution < 1.29 is 0 Å². The van der Waals surface area contributed by atoms with Gasteiger partial charge in [0.1, 0.15) is 0 Å². The van der Waals surface area contributed by atoms with Gasteiger partial charge >= 0.3 is 0 Å². The molecule has 0 aromatic carbocycles. The van der Waals surface area contributed by atoms with E-state index in [1.165, 1.54) is 32.6 Å². The fourth-order valence-corrected chi connectivity index (χ4v) is 2.28. The molecule has 2 heteroatoms. The highest BCUT2D eigenvalue weighted by atomic mass is 15.3. The van der Waals surface area contributed by atoms with E-state index in [0.717, 1.165) is 6.04 Å². The van der Waals surface area contributed by atoms with E-state index in [2.05, 4.69) is 44.5 Å². The van der Waals surface area contributed by atoms with Crippen molar-refractivity contribution in [3.63, 3.8) is 0 Å². The lowest BCUT2D eigenvalue weighted by Crippen LogP contribution is -2.48. The normalized spacial score (nSPS) is 23.8. The molecule has 84 valence electrons. The zero-order valence-corrected chi connectivity index (χ0v) is 10.5. The third-order valence-corrected chi connectivity index (χ3v) is 3.07. The van der Waals surface area contributed by atoms with Gasteiger partial charge in [0.25, 0.3) is 0 Å². The molecule has 1 aliphatic rings. The van der Waals surface area contributed by atoms with Gasteiger partial charge < -0.3 is 4.90 Å². The highest BCUT2D eigenvalue weighted by molar-refractivity contribution is 4.78. The van der Waals surface area contributed by atoms with Crippen LogP contribution in [0.3, 0.4) is 0 Å². The number of nitrogens with zero attached hydrogens (tertiary/aromatic N) is 2. The smallest absolute Gasteiger partial charge is 0.0113 e. The first kappa shape index (κ1) is 12.0. The molecule has 0 spiro atoms. The Bertz CT molecular complexity index is 164. The maximum absolute atomic E-state index is 2.63. The van der Waals surface area contributed by atoms with Crippen LogP contribution in [0.2, 0.25) is 0 Å². The van der Waals surface area contributed by atoms with Crippen LogP contribution in [-0.2, 0) is 0 Å². The zero-order valence-electron chi connectivity index (χ0n) is 10.5. The molecule has 0 bridgehead atoms. The summed E-state index contributed by atoms with van der Waals surface area (Å²) in [6.07, 6.45) is 1.30. The van der Waals surface area contributed by atoms with Crippen LogP contribution in [0.25, 0.3) is 0 Å². The van der Waals surface area contributed by atoms with Gasteiger partial charge in [-0.25, -0.2) is 0 Å². The fourth-order valence-electron chi connectivity index (χ4n) is 2.28. The molecule has 0 N–H and O–H groups in total. The van der Waals surface area contributed by atoms with Crippen molar-refractivity contribution in [2.45, 2.75) is 40.2 Å². The van der Waals surface area contributed by atoms with Crippen molar-refractivity contribution in [2.75, 3.05) is 33.2 Å². The van der Waals surface area contributed by atoms with Crippen LogP contribution in [0, 0.1) is 5.41 Å². The first-order valence-corrected chi connectivity index (χ1v) is 5.81. The van der Waals surface area contributed by atoms with Gasteiger partial charge in [0.15, 0.2) is 0 Å². The van der Waals surface area contributed by atoms with Gasteiger partial charge in [0, 0.05) is 32.2 Å². The average Bonchev–Trinajstić information content (AvgIpc) is 2.02. The second kappa shape index (κ2) is 4.63. The zero-order chi connectivity index (χ0) is 10.8. The lowest BCUT2D eigenvalue weighted by Gasteiger charge is -2.38. The Morgan fingerprint density at radius 3 is 2.00 bits per heavy atom. The Kier molecular flexibility index (Phi) is 3.96. The molecule has 0 aromatic heterocycles. The molecule has 0 radical (unpaired) electrons. The van der Waals surface area contributed by atoms with Crippen molar-refractivity contribution in [3.8, 4) is 0 Å². The first-order chi connectivity index (χ1) is 6.38. The maximum atomic E-state index is 2.63. The lowest BCUT2D eigenvalue weighted by atomic mass is 9.88. The highest BCUT2D eigenvalue weighted by Gasteiger charge is 2.23. The minimum absolute atomic E-state index is 0.461. The summed E-state index contributed by atoms with van der Waals surface area (Å²) < 4.78 is 0. The molecule has 1 atom stereocenters. The van der Waals surface area contributed by atoms with E-state index in [4.69, 9.17) is 0 Å². The summed E-state index contributed by atoms with van der Waals surface area (Å²) in [6.45, 7) is 14.3. The summed E-state index contributed by atoms with van der Waals surface area (Å²) in [5, 5.41) is 0. The molecule has 14 heavy (non-hydrogen) atoms. The van der Waals surface area contributed by atoms with E-state index in [9.17, 15) is 0 Å². The summed E-state index contributed by atoms with van der Waals surface area (Å²) in [5.74, 6) is 0. The van der Waals surface area contributed by atoms with Gasteiger partial charge in [0.05, 0.1) is 0 Å². The number of hydrogen-bond acceptors (Lipinski definition) is 2. The van der Waals surface area contributed by atoms with Gasteiger partial charge in [-0.1, -0.05) is 20.8 Å². The van der Waals surface area contributed by atoms with Crippen LogP contribution in [0.5, 0.6) is 0 Å². The molecule has 1 fully saturated rings. The number of piperazine rings is 1. The molecule has 1 heterocycles. The molecule has 1 unspecified atom stereocenters. The van der Waals surface area contributed by atoms with Crippen molar-refractivity contribution in [3.05, 3.63) is 0 Å². The van der Waals surface area contributed by atoms with Crippen LogP contribution >= 0.6 is 0 Å².